The summed E-state index contributed by atoms with van der Waals surface area (Å²) in [6, 6.07) is 1.93. The van der Waals surface area contributed by atoms with Gasteiger partial charge in [-0.2, -0.15) is 5.10 Å². The highest BCUT2D eigenvalue weighted by molar-refractivity contribution is 5.98. The lowest BCUT2D eigenvalue weighted by atomic mass is 9.85. The molecule has 0 atom stereocenters. The lowest BCUT2D eigenvalue weighted by Gasteiger charge is -2.39. The molecule has 1 aliphatic rings. The van der Waals surface area contributed by atoms with E-state index in [1.165, 1.54) is 0 Å². The van der Waals surface area contributed by atoms with Crippen molar-refractivity contribution in [2.75, 3.05) is 0 Å². The highest BCUT2D eigenvalue weighted by Crippen LogP contribution is 2.28. The Hall–Kier alpha value is -1.32. The van der Waals surface area contributed by atoms with Crippen molar-refractivity contribution in [1.82, 2.24) is 15.5 Å². The van der Waals surface area contributed by atoms with Crippen LogP contribution in [-0.2, 0) is 0 Å². The minimum absolute atomic E-state index is 0.0187. The summed E-state index contributed by atoms with van der Waals surface area (Å²) < 4.78 is 0. The number of aromatic nitrogens is 2. The van der Waals surface area contributed by atoms with Crippen LogP contribution in [0.3, 0.4) is 0 Å². The van der Waals surface area contributed by atoms with Crippen LogP contribution in [0.15, 0.2) is 17.3 Å². The lowest BCUT2D eigenvalue weighted by Crippen LogP contribution is -2.52. The van der Waals surface area contributed by atoms with Crippen molar-refractivity contribution in [2.24, 2.45) is 4.99 Å². The van der Waals surface area contributed by atoms with Crippen molar-refractivity contribution in [3.63, 3.8) is 0 Å². The molecule has 1 aromatic rings. The monoisotopic (exact) mass is 206 g/mol. The third-order valence-electron chi connectivity index (χ3n) is 2.50. The van der Waals surface area contributed by atoms with E-state index in [2.05, 4.69) is 48.2 Å². The Labute approximate surface area is 90.2 Å². The van der Waals surface area contributed by atoms with Gasteiger partial charge in [-0.3, -0.25) is 10.1 Å². The smallest absolute Gasteiger partial charge is 0.147 e. The van der Waals surface area contributed by atoms with Crippen LogP contribution in [0.1, 0.15) is 39.8 Å². The van der Waals surface area contributed by atoms with Gasteiger partial charge in [0.05, 0.1) is 11.2 Å². The molecule has 4 heteroatoms. The molecule has 0 spiro atoms. The third-order valence-corrected chi connectivity index (χ3v) is 2.50. The summed E-state index contributed by atoms with van der Waals surface area (Å²) in [7, 11) is 0. The zero-order valence-electron chi connectivity index (χ0n) is 9.76. The number of aromatic amines is 1. The zero-order chi connectivity index (χ0) is 11.1. The van der Waals surface area contributed by atoms with Gasteiger partial charge in [0.1, 0.15) is 5.84 Å². The van der Waals surface area contributed by atoms with Crippen molar-refractivity contribution in [2.45, 2.75) is 45.2 Å². The average Bonchev–Trinajstić information content (AvgIpc) is 2.48. The molecule has 0 saturated carbocycles. The Bertz CT molecular complexity index is 373. The van der Waals surface area contributed by atoms with E-state index in [4.69, 9.17) is 0 Å². The SMILES string of the molecule is CC1(C)CC(C)(C)NC(c2ccn[nH]2)=N1. The molecule has 0 amide bonds. The summed E-state index contributed by atoms with van der Waals surface area (Å²) in [5, 5.41) is 10.3. The van der Waals surface area contributed by atoms with E-state index < -0.39 is 0 Å². The predicted octanol–water partition coefficient (Wildman–Crippen LogP) is 1.71. The summed E-state index contributed by atoms with van der Waals surface area (Å²) in [6.07, 6.45) is 2.77. The number of nitrogens with one attached hydrogen (secondary N) is 2. The minimum Gasteiger partial charge on any atom is -0.364 e. The largest absolute Gasteiger partial charge is 0.364 e. The number of aliphatic imine (C=N–C) groups is 1. The van der Waals surface area contributed by atoms with E-state index >= 15 is 0 Å². The van der Waals surface area contributed by atoms with E-state index in [1.54, 1.807) is 6.20 Å². The summed E-state index contributed by atoms with van der Waals surface area (Å²) in [6.45, 7) is 8.71. The van der Waals surface area contributed by atoms with Crippen molar-refractivity contribution < 1.29 is 0 Å². The van der Waals surface area contributed by atoms with Gasteiger partial charge in [-0.1, -0.05) is 0 Å². The van der Waals surface area contributed by atoms with Crippen molar-refractivity contribution >= 4 is 5.84 Å². The van der Waals surface area contributed by atoms with E-state index in [0.29, 0.717) is 0 Å². The van der Waals surface area contributed by atoms with Gasteiger partial charge in [-0.05, 0) is 40.2 Å². The van der Waals surface area contributed by atoms with E-state index in [9.17, 15) is 0 Å². The van der Waals surface area contributed by atoms with Crippen LogP contribution in [0.5, 0.6) is 0 Å². The minimum atomic E-state index is -0.0187. The normalized spacial score (nSPS) is 23.1. The number of hydrogen-bond donors (Lipinski definition) is 2. The average molecular weight is 206 g/mol. The van der Waals surface area contributed by atoms with Crippen molar-refractivity contribution in [3.8, 4) is 0 Å². The van der Waals surface area contributed by atoms with Crippen LogP contribution in [-0.4, -0.2) is 27.1 Å². The molecule has 82 valence electrons. The first-order chi connectivity index (χ1) is 6.88. The van der Waals surface area contributed by atoms with E-state index in [0.717, 1.165) is 18.0 Å². The fourth-order valence-electron chi connectivity index (χ4n) is 2.33. The number of amidine groups is 1. The quantitative estimate of drug-likeness (QED) is 0.735. The maximum Gasteiger partial charge on any atom is 0.147 e. The molecule has 0 fully saturated rings. The number of H-pyrrole nitrogens is 1. The standard InChI is InChI=1S/C11H18N4/c1-10(2)7-11(3,4)14-9(13-10)8-5-6-12-15-8/h5-6H,7H2,1-4H3,(H,12,15)(H,13,14). The second kappa shape index (κ2) is 3.08. The fraction of sp³-hybridized carbons (Fsp3) is 0.636. The summed E-state index contributed by atoms with van der Waals surface area (Å²) in [4.78, 5) is 4.69. The first-order valence-electron chi connectivity index (χ1n) is 5.26. The first-order valence-corrected chi connectivity index (χ1v) is 5.26. The topological polar surface area (TPSA) is 53.1 Å². The maximum absolute atomic E-state index is 4.69. The van der Waals surface area contributed by atoms with Gasteiger partial charge in [0.2, 0.25) is 0 Å². The molecular formula is C11H18N4. The number of hydrogen-bond acceptors (Lipinski definition) is 3. The third kappa shape index (κ3) is 2.19. The van der Waals surface area contributed by atoms with Crippen LogP contribution < -0.4 is 5.32 Å². The van der Waals surface area contributed by atoms with Crippen LogP contribution in [0, 0.1) is 0 Å². The van der Waals surface area contributed by atoms with Gasteiger partial charge in [0.15, 0.2) is 0 Å². The second-order valence-electron chi connectivity index (χ2n) is 5.43. The fourth-order valence-corrected chi connectivity index (χ4v) is 2.33. The van der Waals surface area contributed by atoms with Crippen molar-refractivity contribution in [3.05, 3.63) is 18.0 Å². The molecule has 1 aliphatic heterocycles. The predicted molar refractivity (Wildman–Crippen MR) is 61.0 cm³/mol. The molecule has 0 aromatic carbocycles. The van der Waals surface area contributed by atoms with Gasteiger partial charge < -0.3 is 5.32 Å². The Morgan fingerprint density at radius 2 is 2.00 bits per heavy atom. The summed E-state index contributed by atoms with van der Waals surface area (Å²) in [5.74, 6) is 0.911. The molecule has 0 bridgehead atoms. The van der Waals surface area contributed by atoms with Crippen LogP contribution in [0.2, 0.25) is 0 Å². The molecular weight excluding hydrogens is 188 g/mol. The molecule has 0 aliphatic carbocycles. The molecule has 2 heterocycles. The molecule has 1 aromatic heterocycles. The number of nitrogens with zero attached hydrogens (tertiary/aromatic N) is 2. The van der Waals surface area contributed by atoms with Crippen LogP contribution >= 0.6 is 0 Å². The van der Waals surface area contributed by atoms with Gasteiger partial charge in [0, 0.05) is 11.7 Å². The molecule has 0 saturated heterocycles. The Morgan fingerprint density at radius 1 is 1.27 bits per heavy atom. The van der Waals surface area contributed by atoms with Crippen LogP contribution in [0.4, 0.5) is 0 Å². The summed E-state index contributed by atoms with van der Waals surface area (Å²) >= 11 is 0. The van der Waals surface area contributed by atoms with Gasteiger partial charge in [0.25, 0.3) is 0 Å². The van der Waals surface area contributed by atoms with Crippen molar-refractivity contribution in [1.29, 1.82) is 0 Å². The van der Waals surface area contributed by atoms with Gasteiger partial charge >= 0.3 is 0 Å². The maximum atomic E-state index is 4.69. The molecule has 15 heavy (non-hydrogen) atoms. The first kappa shape index (κ1) is 10.2. The zero-order valence-corrected chi connectivity index (χ0v) is 9.76. The molecule has 0 unspecified atom stereocenters. The summed E-state index contributed by atoms with van der Waals surface area (Å²) in [5.41, 5.74) is 1.01. The Kier molecular flexibility index (Phi) is 2.10. The Morgan fingerprint density at radius 3 is 2.53 bits per heavy atom. The number of rotatable bonds is 1. The van der Waals surface area contributed by atoms with Gasteiger partial charge in [-0.15, -0.1) is 0 Å². The molecule has 0 radical (unpaired) electrons. The van der Waals surface area contributed by atoms with Crippen LogP contribution in [0.25, 0.3) is 0 Å². The molecule has 2 N–H and O–H groups in total. The lowest BCUT2D eigenvalue weighted by molar-refractivity contribution is 0.304. The second-order valence-corrected chi connectivity index (χ2v) is 5.43. The highest BCUT2D eigenvalue weighted by atomic mass is 15.2. The molecule has 2 rings (SSSR count). The highest BCUT2D eigenvalue weighted by Gasteiger charge is 2.34. The molecule has 4 nitrogen and oxygen atoms in total. The van der Waals surface area contributed by atoms with Gasteiger partial charge in [-0.25, -0.2) is 0 Å². The van der Waals surface area contributed by atoms with E-state index in [-0.39, 0.29) is 11.1 Å². The Balaban J connectivity index is 2.37. The van der Waals surface area contributed by atoms with E-state index in [1.807, 2.05) is 6.07 Å².